The van der Waals surface area contributed by atoms with Gasteiger partial charge in [0, 0.05) is 0 Å². The molecule has 0 bridgehead atoms. The van der Waals surface area contributed by atoms with Crippen molar-refractivity contribution < 1.29 is 9.69 Å². The Morgan fingerprint density at radius 3 is 2.54 bits per heavy atom. The monoisotopic (exact) mass is 369 g/mol. The molecule has 0 aliphatic carbocycles. The molecule has 1 amide bonds. The average molecular weight is 370 g/mol. The van der Waals surface area contributed by atoms with Crippen LogP contribution in [0.1, 0.15) is 12.5 Å². The fraction of sp³-hybridized carbons (Fsp3) is 0.300. The highest BCUT2D eigenvalue weighted by atomic mass is 35.5. The van der Waals surface area contributed by atoms with Gasteiger partial charge in [-0.25, -0.2) is 0 Å². The number of hydrogen-bond donors (Lipinski definition) is 2. The van der Waals surface area contributed by atoms with E-state index in [1.807, 2.05) is 37.3 Å². The number of nitrogens with one attached hydrogen (secondary N) is 2. The van der Waals surface area contributed by atoms with E-state index in [4.69, 9.17) is 16.9 Å². The number of carbonyl (C=O) groups is 1. The largest absolute Gasteiger partial charge is 0.359 e. The minimum atomic E-state index is -0.185. The van der Waals surface area contributed by atoms with Crippen LogP contribution in [-0.2, 0) is 4.79 Å². The zero-order valence-corrected chi connectivity index (χ0v) is 15.5. The van der Waals surface area contributed by atoms with E-state index in [1.54, 1.807) is 18.2 Å². The summed E-state index contributed by atoms with van der Waals surface area (Å²) in [5, 5.41) is 12.8. The SMILES string of the molecule is C[C@H](C(=O)Nc1ccccc1C#N)[NH+]1CCN(c2ccccc2Cl)CC1. The Morgan fingerprint density at radius 1 is 1.19 bits per heavy atom. The van der Waals surface area contributed by atoms with Crippen LogP contribution in [0.15, 0.2) is 48.5 Å². The van der Waals surface area contributed by atoms with Crippen LogP contribution >= 0.6 is 11.6 Å². The van der Waals surface area contributed by atoms with Gasteiger partial charge in [-0.3, -0.25) is 4.79 Å². The van der Waals surface area contributed by atoms with Crippen LogP contribution in [-0.4, -0.2) is 38.1 Å². The van der Waals surface area contributed by atoms with Crippen molar-refractivity contribution >= 4 is 28.9 Å². The van der Waals surface area contributed by atoms with Crippen molar-refractivity contribution in [1.82, 2.24) is 0 Å². The first kappa shape index (κ1) is 18.2. The molecule has 1 aliphatic heterocycles. The summed E-state index contributed by atoms with van der Waals surface area (Å²) in [4.78, 5) is 16.1. The quantitative estimate of drug-likeness (QED) is 0.866. The minimum absolute atomic E-state index is 0.0612. The van der Waals surface area contributed by atoms with Gasteiger partial charge in [-0.15, -0.1) is 0 Å². The lowest BCUT2D eigenvalue weighted by atomic mass is 10.1. The molecule has 134 valence electrons. The number of anilines is 2. The molecule has 0 unspecified atom stereocenters. The molecule has 3 rings (SSSR count). The molecule has 0 aromatic heterocycles. The second-order valence-electron chi connectivity index (χ2n) is 6.47. The molecule has 26 heavy (non-hydrogen) atoms. The molecular weight excluding hydrogens is 348 g/mol. The maximum atomic E-state index is 12.6. The molecule has 1 heterocycles. The Balaban J connectivity index is 1.60. The summed E-state index contributed by atoms with van der Waals surface area (Å²) >= 11 is 6.29. The molecule has 1 atom stereocenters. The highest BCUT2D eigenvalue weighted by molar-refractivity contribution is 6.33. The Kier molecular flexibility index (Phi) is 5.77. The molecule has 0 radical (unpaired) electrons. The number of nitriles is 1. The highest BCUT2D eigenvalue weighted by Crippen LogP contribution is 2.24. The first-order valence-corrected chi connectivity index (χ1v) is 9.12. The number of benzene rings is 2. The van der Waals surface area contributed by atoms with Crippen molar-refractivity contribution in [1.29, 1.82) is 5.26 Å². The first-order chi connectivity index (χ1) is 12.6. The van der Waals surface area contributed by atoms with Crippen molar-refractivity contribution in [2.75, 3.05) is 36.4 Å². The molecule has 1 fully saturated rings. The third kappa shape index (κ3) is 3.98. The Bertz CT molecular complexity index is 825. The van der Waals surface area contributed by atoms with E-state index in [-0.39, 0.29) is 11.9 Å². The van der Waals surface area contributed by atoms with Gasteiger partial charge >= 0.3 is 0 Å². The molecule has 0 spiro atoms. The third-order valence-electron chi connectivity index (χ3n) is 4.91. The predicted octanol–water partition coefficient (Wildman–Crippen LogP) is 1.94. The second-order valence-corrected chi connectivity index (χ2v) is 6.87. The first-order valence-electron chi connectivity index (χ1n) is 8.74. The normalized spacial score (nSPS) is 16.0. The van der Waals surface area contributed by atoms with Crippen molar-refractivity contribution in [3.05, 3.63) is 59.1 Å². The molecule has 2 aromatic rings. The van der Waals surface area contributed by atoms with Crippen LogP contribution in [0.4, 0.5) is 11.4 Å². The molecular formula is C20H22ClN4O+. The van der Waals surface area contributed by atoms with Gasteiger partial charge in [0.15, 0.2) is 6.04 Å². The van der Waals surface area contributed by atoms with Gasteiger partial charge in [0.05, 0.1) is 48.1 Å². The van der Waals surface area contributed by atoms with Crippen LogP contribution in [0, 0.1) is 11.3 Å². The van der Waals surface area contributed by atoms with Crippen LogP contribution in [0.5, 0.6) is 0 Å². The van der Waals surface area contributed by atoms with Gasteiger partial charge in [-0.1, -0.05) is 35.9 Å². The minimum Gasteiger partial charge on any atom is -0.359 e. The maximum absolute atomic E-state index is 12.6. The van der Waals surface area contributed by atoms with E-state index in [0.717, 1.165) is 36.9 Å². The van der Waals surface area contributed by atoms with Gasteiger partial charge in [-0.2, -0.15) is 5.26 Å². The number of hydrogen-bond acceptors (Lipinski definition) is 3. The van der Waals surface area contributed by atoms with Gasteiger partial charge in [0.25, 0.3) is 5.91 Å². The van der Waals surface area contributed by atoms with Crippen molar-refractivity contribution in [3.63, 3.8) is 0 Å². The van der Waals surface area contributed by atoms with E-state index >= 15 is 0 Å². The summed E-state index contributed by atoms with van der Waals surface area (Å²) in [5.74, 6) is -0.0612. The summed E-state index contributed by atoms with van der Waals surface area (Å²) in [5.41, 5.74) is 2.10. The van der Waals surface area contributed by atoms with Crippen molar-refractivity contribution in [3.8, 4) is 6.07 Å². The number of nitrogens with zero attached hydrogens (tertiary/aromatic N) is 2. The molecule has 1 aliphatic rings. The van der Waals surface area contributed by atoms with Crippen LogP contribution in [0.25, 0.3) is 0 Å². The summed E-state index contributed by atoms with van der Waals surface area (Å²) in [6.07, 6.45) is 0. The fourth-order valence-corrected chi connectivity index (χ4v) is 3.55. The predicted molar refractivity (Wildman–Crippen MR) is 104 cm³/mol. The van der Waals surface area contributed by atoms with E-state index in [1.165, 1.54) is 4.90 Å². The Hall–Kier alpha value is -2.55. The lowest BCUT2D eigenvalue weighted by molar-refractivity contribution is -0.914. The molecule has 2 aromatic carbocycles. The van der Waals surface area contributed by atoms with E-state index in [9.17, 15) is 4.79 Å². The Labute approximate surface area is 158 Å². The summed E-state index contributed by atoms with van der Waals surface area (Å²) in [7, 11) is 0. The second kappa shape index (κ2) is 8.22. The van der Waals surface area contributed by atoms with Gasteiger partial charge in [0.1, 0.15) is 6.07 Å². The number of carbonyl (C=O) groups excluding carboxylic acids is 1. The third-order valence-corrected chi connectivity index (χ3v) is 5.23. The maximum Gasteiger partial charge on any atom is 0.282 e. The van der Waals surface area contributed by atoms with E-state index < -0.39 is 0 Å². The number of amides is 1. The Morgan fingerprint density at radius 2 is 1.85 bits per heavy atom. The van der Waals surface area contributed by atoms with Crippen molar-refractivity contribution in [2.45, 2.75) is 13.0 Å². The van der Waals surface area contributed by atoms with Crippen molar-refractivity contribution in [2.24, 2.45) is 0 Å². The van der Waals surface area contributed by atoms with Crippen LogP contribution in [0.2, 0.25) is 5.02 Å². The number of rotatable bonds is 4. The summed E-state index contributed by atoms with van der Waals surface area (Å²) in [6, 6.07) is 16.8. The number of quaternary nitrogens is 1. The van der Waals surface area contributed by atoms with E-state index in [2.05, 4.69) is 16.3 Å². The number of halogens is 1. The topological polar surface area (TPSA) is 60.6 Å². The summed E-state index contributed by atoms with van der Waals surface area (Å²) in [6.45, 7) is 5.36. The molecule has 1 saturated heterocycles. The standard InChI is InChI=1S/C20H21ClN4O/c1-15(20(26)23-18-8-4-2-6-16(18)14-22)24-10-12-25(13-11-24)19-9-5-3-7-17(19)21/h2-9,15H,10-13H2,1H3,(H,23,26)/p+1/t15-/m1/s1. The van der Waals surface area contributed by atoms with Gasteiger partial charge in [-0.05, 0) is 31.2 Å². The molecule has 2 N–H and O–H groups in total. The lowest BCUT2D eigenvalue weighted by Crippen LogP contribution is -3.19. The van der Waals surface area contributed by atoms with E-state index in [0.29, 0.717) is 11.3 Å². The zero-order valence-electron chi connectivity index (χ0n) is 14.7. The number of piperazine rings is 1. The van der Waals surface area contributed by atoms with Crippen LogP contribution in [0.3, 0.4) is 0 Å². The van der Waals surface area contributed by atoms with Crippen LogP contribution < -0.4 is 15.1 Å². The number of para-hydroxylation sites is 2. The lowest BCUT2D eigenvalue weighted by Gasteiger charge is -2.36. The molecule has 5 nitrogen and oxygen atoms in total. The average Bonchev–Trinajstić information content (AvgIpc) is 2.68. The van der Waals surface area contributed by atoms with Gasteiger partial charge in [0.2, 0.25) is 0 Å². The zero-order chi connectivity index (χ0) is 18.5. The van der Waals surface area contributed by atoms with Gasteiger partial charge < -0.3 is 15.1 Å². The highest BCUT2D eigenvalue weighted by Gasteiger charge is 2.30. The molecule has 6 heteroatoms. The smallest absolute Gasteiger partial charge is 0.282 e. The summed E-state index contributed by atoms with van der Waals surface area (Å²) < 4.78 is 0. The molecule has 0 saturated carbocycles. The fourth-order valence-electron chi connectivity index (χ4n) is 3.29.